The minimum atomic E-state index is -0.699. The molecule has 4 aromatic rings. The number of hydrogen-bond acceptors (Lipinski definition) is 4. The Morgan fingerprint density at radius 2 is 1.71 bits per heavy atom. The highest BCUT2D eigenvalue weighted by atomic mass is 35.5. The van der Waals surface area contributed by atoms with Crippen LogP contribution in [-0.4, -0.2) is 40.0 Å². The van der Waals surface area contributed by atoms with E-state index >= 15 is 0 Å². The van der Waals surface area contributed by atoms with Gasteiger partial charge in [-0.25, -0.2) is 9.78 Å². The minimum Gasteiger partial charge on any atom is -0.410 e. The number of benzene rings is 3. The summed E-state index contributed by atoms with van der Waals surface area (Å²) >= 11 is 12.6. The van der Waals surface area contributed by atoms with Gasteiger partial charge in [-0.2, -0.15) is 0 Å². The van der Waals surface area contributed by atoms with Gasteiger partial charge >= 0.3 is 6.09 Å². The van der Waals surface area contributed by atoms with Gasteiger partial charge in [0.05, 0.1) is 37.9 Å². The van der Waals surface area contributed by atoms with Crippen LogP contribution in [0.1, 0.15) is 23.2 Å². The van der Waals surface area contributed by atoms with Crippen LogP contribution in [0.15, 0.2) is 60.7 Å². The zero-order valence-corrected chi connectivity index (χ0v) is 19.5. The number of ether oxygens (including phenoxy) is 1. The van der Waals surface area contributed by atoms with Crippen molar-refractivity contribution in [2.75, 3.05) is 18.4 Å². The lowest BCUT2D eigenvalue weighted by molar-refractivity contribution is 0.0794. The summed E-state index contributed by atoms with van der Waals surface area (Å²) in [5.41, 5.74) is 2.76. The number of rotatable bonds is 4. The van der Waals surface area contributed by atoms with Crippen LogP contribution < -0.4 is 10.1 Å². The van der Waals surface area contributed by atoms with Gasteiger partial charge in [-0.3, -0.25) is 10.1 Å². The largest absolute Gasteiger partial charge is 0.417 e. The first-order valence-corrected chi connectivity index (χ1v) is 11.6. The molecule has 1 saturated heterocycles. The molecule has 2 amide bonds. The van der Waals surface area contributed by atoms with E-state index in [1.165, 1.54) is 0 Å². The molecule has 34 heavy (non-hydrogen) atoms. The fourth-order valence-electron chi connectivity index (χ4n) is 4.01. The molecule has 9 heteroatoms. The Balaban J connectivity index is 1.34. The maximum atomic E-state index is 12.8. The van der Waals surface area contributed by atoms with Gasteiger partial charge in [-0.1, -0.05) is 41.4 Å². The summed E-state index contributed by atoms with van der Waals surface area (Å²) in [7, 11) is 0. The molecule has 2 N–H and O–H groups in total. The van der Waals surface area contributed by atoms with Crippen LogP contribution >= 0.6 is 23.2 Å². The fourth-order valence-corrected chi connectivity index (χ4v) is 4.58. The zero-order valence-electron chi connectivity index (χ0n) is 18.0. The Morgan fingerprint density at radius 3 is 2.47 bits per heavy atom. The van der Waals surface area contributed by atoms with Crippen LogP contribution in [0, 0.1) is 0 Å². The van der Waals surface area contributed by atoms with Crippen molar-refractivity contribution in [3.8, 4) is 17.1 Å². The number of para-hydroxylation sites is 1. The number of aromatic nitrogens is 2. The second kappa shape index (κ2) is 9.37. The number of aromatic amines is 1. The quantitative estimate of drug-likeness (QED) is 0.344. The van der Waals surface area contributed by atoms with Gasteiger partial charge in [0.25, 0.3) is 5.91 Å². The predicted octanol–water partition coefficient (Wildman–Crippen LogP) is 6.38. The molecule has 1 fully saturated rings. The molecule has 1 aromatic heterocycles. The summed E-state index contributed by atoms with van der Waals surface area (Å²) in [4.78, 5) is 34.9. The van der Waals surface area contributed by atoms with Crippen molar-refractivity contribution in [3.63, 3.8) is 0 Å². The van der Waals surface area contributed by atoms with Gasteiger partial charge in [0.1, 0.15) is 11.6 Å². The van der Waals surface area contributed by atoms with Crippen LogP contribution in [0.3, 0.4) is 0 Å². The van der Waals surface area contributed by atoms with Crippen molar-refractivity contribution in [2.45, 2.75) is 12.8 Å². The van der Waals surface area contributed by atoms with E-state index in [0.717, 1.165) is 25.9 Å². The molecule has 0 unspecified atom stereocenters. The van der Waals surface area contributed by atoms with E-state index in [1.807, 2.05) is 0 Å². The van der Waals surface area contributed by atoms with Crippen LogP contribution in [0.2, 0.25) is 10.0 Å². The van der Waals surface area contributed by atoms with Gasteiger partial charge in [0.2, 0.25) is 0 Å². The third kappa shape index (κ3) is 4.44. The first kappa shape index (κ1) is 22.3. The van der Waals surface area contributed by atoms with Crippen molar-refractivity contribution in [3.05, 3.63) is 76.3 Å². The second-order valence-corrected chi connectivity index (χ2v) is 8.73. The van der Waals surface area contributed by atoms with Gasteiger partial charge in [0.15, 0.2) is 0 Å². The normalized spacial score (nSPS) is 13.3. The molecule has 3 aromatic carbocycles. The number of fused-ring (bicyclic) bond motifs is 1. The summed E-state index contributed by atoms with van der Waals surface area (Å²) in [6.07, 6.45) is 1.28. The van der Waals surface area contributed by atoms with E-state index in [1.54, 1.807) is 65.6 Å². The lowest BCUT2D eigenvalue weighted by Gasteiger charge is -2.17. The number of H-pyrrole nitrogens is 1. The minimum absolute atomic E-state index is 0.0990. The predicted molar refractivity (Wildman–Crippen MR) is 133 cm³/mol. The van der Waals surface area contributed by atoms with Crippen LogP contribution in [-0.2, 0) is 0 Å². The molecule has 2 heterocycles. The molecule has 0 bridgehead atoms. The van der Waals surface area contributed by atoms with Crippen LogP contribution in [0.5, 0.6) is 5.75 Å². The first-order valence-electron chi connectivity index (χ1n) is 10.8. The maximum Gasteiger partial charge on any atom is 0.417 e. The van der Waals surface area contributed by atoms with Crippen LogP contribution in [0.4, 0.5) is 10.5 Å². The Morgan fingerprint density at radius 1 is 0.971 bits per heavy atom. The van der Waals surface area contributed by atoms with E-state index in [-0.39, 0.29) is 5.91 Å². The SMILES string of the molecule is O=C(Nc1ccccc1C(=O)N1CCCC1)Oc1ccc2nc(-c3c(Cl)cccc3Cl)[nH]c2c1. The molecule has 172 valence electrons. The summed E-state index contributed by atoms with van der Waals surface area (Å²) < 4.78 is 5.47. The highest BCUT2D eigenvalue weighted by Crippen LogP contribution is 2.34. The number of nitrogens with one attached hydrogen (secondary N) is 2. The number of carbonyl (C=O) groups excluding carboxylic acids is 2. The van der Waals surface area contributed by atoms with E-state index in [4.69, 9.17) is 27.9 Å². The first-order chi connectivity index (χ1) is 16.5. The number of halogens is 2. The Labute approximate surface area is 205 Å². The number of carbonyl (C=O) groups is 2. The molecule has 0 atom stereocenters. The number of likely N-dealkylation sites (tertiary alicyclic amines) is 1. The molecule has 0 spiro atoms. The summed E-state index contributed by atoms with van der Waals surface area (Å²) in [6, 6.07) is 17.2. The molecule has 0 saturated carbocycles. The lowest BCUT2D eigenvalue weighted by Crippen LogP contribution is -2.29. The third-order valence-electron chi connectivity index (χ3n) is 5.65. The Bertz CT molecular complexity index is 1380. The van der Waals surface area contributed by atoms with Crippen molar-refractivity contribution in [1.82, 2.24) is 14.9 Å². The second-order valence-electron chi connectivity index (χ2n) is 7.92. The van der Waals surface area contributed by atoms with E-state index in [9.17, 15) is 9.59 Å². The van der Waals surface area contributed by atoms with E-state index in [2.05, 4.69) is 15.3 Å². The Hall–Kier alpha value is -3.55. The third-order valence-corrected chi connectivity index (χ3v) is 6.28. The van der Waals surface area contributed by atoms with Gasteiger partial charge < -0.3 is 14.6 Å². The summed E-state index contributed by atoms with van der Waals surface area (Å²) in [5, 5.41) is 3.64. The standard InChI is InChI=1S/C25H20Cl2N4O3/c26-17-7-5-8-18(27)22(17)23-28-20-11-10-15(14-21(20)29-23)34-25(33)30-19-9-2-1-6-16(19)24(32)31-12-3-4-13-31/h1-2,5-11,14H,3-4,12-13H2,(H,28,29)(H,30,33). The lowest BCUT2D eigenvalue weighted by atomic mass is 10.1. The summed E-state index contributed by atoms with van der Waals surface area (Å²) in [5.74, 6) is 0.730. The topological polar surface area (TPSA) is 87.3 Å². The average Bonchev–Trinajstić information content (AvgIpc) is 3.49. The van der Waals surface area contributed by atoms with E-state index in [0.29, 0.717) is 49.5 Å². The average molecular weight is 495 g/mol. The molecule has 0 radical (unpaired) electrons. The molecule has 0 aliphatic carbocycles. The fraction of sp³-hybridized carbons (Fsp3) is 0.160. The van der Waals surface area contributed by atoms with Crippen molar-refractivity contribution in [2.24, 2.45) is 0 Å². The van der Waals surface area contributed by atoms with Gasteiger partial charge in [0, 0.05) is 19.2 Å². The summed E-state index contributed by atoms with van der Waals surface area (Å²) in [6.45, 7) is 1.45. The van der Waals surface area contributed by atoms with Crippen LogP contribution in [0.25, 0.3) is 22.4 Å². The van der Waals surface area contributed by atoms with E-state index < -0.39 is 6.09 Å². The molecular weight excluding hydrogens is 475 g/mol. The monoisotopic (exact) mass is 494 g/mol. The van der Waals surface area contributed by atoms with Crippen molar-refractivity contribution < 1.29 is 14.3 Å². The number of amides is 2. The van der Waals surface area contributed by atoms with Crippen molar-refractivity contribution >= 4 is 51.9 Å². The Kier molecular flexibility index (Phi) is 6.13. The molecular formula is C25H20Cl2N4O3. The number of anilines is 1. The van der Waals surface area contributed by atoms with Crippen molar-refractivity contribution in [1.29, 1.82) is 0 Å². The number of hydrogen-bond donors (Lipinski definition) is 2. The molecule has 7 nitrogen and oxygen atoms in total. The van der Waals surface area contributed by atoms with Gasteiger partial charge in [-0.05, 0) is 49.2 Å². The molecule has 1 aliphatic rings. The highest BCUT2D eigenvalue weighted by Gasteiger charge is 2.22. The number of nitrogens with zero attached hydrogens (tertiary/aromatic N) is 2. The smallest absolute Gasteiger partial charge is 0.410 e. The number of imidazole rings is 1. The maximum absolute atomic E-state index is 12.8. The zero-order chi connectivity index (χ0) is 23.7. The molecule has 1 aliphatic heterocycles. The van der Waals surface area contributed by atoms with Gasteiger partial charge in [-0.15, -0.1) is 0 Å². The molecule has 5 rings (SSSR count). The highest BCUT2D eigenvalue weighted by molar-refractivity contribution is 6.39.